The Morgan fingerprint density at radius 1 is 1.11 bits per heavy atom. The number of hydrogen-bond donors (Lipinski definition) is 2. The number of fused-ring (bicyclic) bond motifs is 1. The molecule has 4 rings (SSSR count). The Hall–Kier alpha value is -3.82. The molecule has 0 saturated carbocycles. The van der Waals surface area contributed by atoms with Crippen LogP contribution >= 0.6 is 0 Å². The van der Waals surface area contributed by atoms with Gasteiger partial charge in [0.15, 0.2) is 5.58 Å². The third-order valence-corrected chi connectivity index (χ3v) is 3.91. The molecule has 4 aromatic rings. The van der Waals surface area contributed by atoms with Gasteiger partial charge in [0.05, 0.1) is 5.56 Å². The lowest BCUT2D eigenvalue weighted by atomic mass is 10.2. The van der Waals surface area contributed by atoms with Crippen LogP contribution in [0.4, 0.5) is 18.9 Å². The van der Waals surface area contributed by atoms with E-state index in [4.69, 9.17) is 4.42 Å². The monoisotopic (exact) mass is 388 g/mol. The van der Waals surface area contributed by atoms with Gasteiger partial charge in [0.25, 0.3) is 11.5 Å². The van der Waals surface area contributed by atoms with Crippen LogP contribution in [0.3, 0.4) is 0 Å². The van der Waals surface area contributed by atoms with E-state index in [9.17, 15) is 22.8 Å². The predicted octanol–water partition coefficient (Wildman–Crippen LogP) is 3.58. The lowest BCUT2D eigenvalue weighted by molar-refractivity contribution is -0.137. The highest BCUT2D eigenvalue weighted by atomic mass is 19.4. The summed E-state index contributed by atoms with van der Waals surface area (Å²) in [7, 11) is 0. The van der Waals surface area contributed by atoms with Gasteiger partial charge in [-0.25, -0.2) is 0 Å². The zero-order valence-corrected chi connectivity index (χ0v) is 13.9. The average Bonchev–Trinajstić information content (AvgIpc) is 3.24. The summed E-state index contributed by atoms with van der Waals surface area (Å²) in [4.78, 5) is 28.6. The summed E-state index contributed by atoms with van der Waals surface area (Å²) in [6, 6.07) is 11.8. The summed E-state index contributed by atoms with van der Waals surface area (Å²) in [6.07, 6.45) is -4.47. The molecular formula is C18H11F3N4O3. The SMILES string of the molecule is O=C(Nc1ccc(C(F)(F)F)cc1)c1cc(=O)n(-c2nc3ccccc3o2)[nH]1. The van der Waals surface area contributed by atoms with Crippen molar-refractivity contribution in [1.29, 1.82) is 0 Å². The van der Waals surface area contributed by atoms with E-state index in [0.29, 0.717) is 11.1 Å². The van der Waals surface area contributed by atoms with Gasteiger partial charge in [-0.15, -0.1) is 0 Å². The van der Waals surface area contributed by atoms with E-state index in [2.05, 4.69) is 15.4 Å². The van der Waals surface area contributed by atoms with Crippen molar-refractivity contribution >= 4 is 22.7 Å². The van der Waals surface area contributed by atoms with E-state index < -0.39 is 23.2 Å². The van der Waals surface area contributed by atoms with Gasteiger partial charge in [0, 0.05) is 11.8 Å². The Bertz CT molecular complexity index is 1190. The van der Waals surface area contributed by atoms with Crippen molar-refractivity contribution < 1.29 is 22.4 Å². The number of amides is 1. The lowest BCUT2D eigenvalue weighted by Crippen LogP contribution is -2.14. The van der Waals surface area contributed by atoms with Crippen molar-refractivity contribution in [2.75, 3.05) is 5.32 Å². The first-order valence-corrected chi connectivity index (χ1v) is 7.98. The number of alkyl halides is 3. The highest BCUT2D eigenvalue weighted by Gasteiger charge is 2.30. The quantitative estimate of drug-likeness (QED) is 0.561. The molecule has 0 fully saturated rings. The van der Waals surface area contributed by atoms with Crippen molar-refractivity contribution in [2.24, 2.45) is 0 Å². The third-order valence-electron chi connectivity index (χ3n) is 3.91. The van der Waals surface area contributed by atoms with Crippen molar-refractivity contribution in [3.63, 3.8) is 0 Å². The molecule has 0 aliphatic heterocycles. The number of aromatic nitrogens is 3. The van der Waals surface area contributed by atoms with Crippen LogP contribution in [0.2, 0.25) is 0 Å². The second-order valence-electron chi connectivity index (χ2n) is 5.84. The Morgan fingerprint density at radius 3 is 2.50 bits per heavy atom. The summed E-state index contributed by atoms with van der Waals surface area (Å²) in [5.41, 5.74) is -0.365. The number of para-hydroxylation sites is 2. The molecule has 2 heterocycles. The summed E-state index contributed by atoms with van der Waals surface area (Å²) >= 11 is 0. The number of carbonyl (C=O) groups is 1. The van der Waals surface area contributed by atoms with Crippen LogP contribution in [-0.4, -0.2) is 20.7 Å². The third kappa shape index (κ3) is 3.27. The first-order valence-electron chi connectivity index (χ1n) is 7.98. The van der Waals surface area contributed by atoms with Gasteiger partial charge in [-0.3, -0.25) is 14.7 Å². The van der Waals surface area contributed by atoms with Gasteiger partial charge in [-0.2, -0.15) is 22.8 Å². The zero-order chi connectivity index (χ0) is 19.9. The van der Waals surface area contributed by atoms with E-state index in [1.807, 2.05) is 0 Å². The van der Waals surface area contributed by atoms with Crippen LogP contribution in [0.25, 0.3) is 17.1 Å². The number of hydrogen-bond acceptors (Lipinski definition) is 4. The number of aromatic amines is 1. The van der Waals surface area contributed by atoms with Crippen molar-refractivity contribution in [1.82, 2.24) is 14.8 Å². The molecule has 2 aromatic heterocycles. The Labute approximate surface area is 154 Å². The summed E-state index contributed by atoms with van der Waals surface area (Å²) in [5.74, 6) is -0.702. The molecular weight excluding hydrogens is 377 g/mol. The van der Waals surface area contributed by atoms with Gasteiger partial charge >= 0.3 is 12.2 Å². The molecule has 7 nitrogen and oxygen atoms in total. The van der Waals surface area contributed by atoms with Gasteiger partial charge in [0.2, 0.25) is 0 Å². The number of benzene rings is 2. The van der Waals surface area contributed by atoms with Crippen LogP contribution in [0, 0.1) is 0 Å². The fourth-order valence-electron chi connectivity index (χ4n) is 2.55. The molecule has 0 unspecified atom stereocenters. The van der Waals surface area contributed by atoms with E-state index in [1.165, 1.54) is 0 Å². The first kappa shape index (κ1) is 17.6. The summed E-state index contributed by atoms with van der Waals surface area (Å²) < 4.78 is 44.2. The van der Waals surface area contributed by atoms with E-state index in [0.717, 1.165) is 35.0 Å². The van der Waals surface area contributed by atoms with Gasteiger partial charge in [-0.1, -0.05) is 12.1 Å². The summed E-state index contributed by atoms with van der Waals surface area (Å²) in [6.45, 7) is 0. The minimum Gasteiger partial charge on any atom is -0.422 e. The maximum Gasteiger partial charge on any atom is 0.416 e. The highest BCUT2D eigenvalue weighted by molar-refractivity contribution is 6.02. The maximum atomic E-state index is 12.6. The second kappa shape index (κ2) is 6.41. The van der Waals surface area contributed by atoms with Crippen molar-refractivity contribution in [3.8, 4) is 6.01 Å². The van der Waals surface area contributed by atoms with Crippen molar-refractivity contribution in [3.05, 3.63) is 76.2 Å². The van der Waals surface area contributed by atoms with E-state index in [-0.39, 0.29) is 17.4 Å². The fourth-order valence-corrected chi connectivity index (χ4v) is 2.55. The number of carbonyl (C=O) groups excluding carboxylic acids is 1. The van der Waals surface area contributed by atoms with Crippen LogP contribution in [0.15, 0.2) is 63.8 Å². The molecule has 0 aliphatic rings. The zero-order valence-electron chi connectivity index (χ0n) is 13.9. The van der Waals surface area contributed by atoms with Gasteiger partial charge in [0.1, 0.15) is 11.2 Å². The topological polar surface area (TPSA) is 92.9 Å². The Morgan fingerprint density at radius 2 is 1.82 bits per heavy atom. The number of rotatable bonds is 3. The molecule has 0 atom stereocenters. The van der Waals surface area contributed by atoms with Crippen molar-refractivity contribution in [2.45, 2.75) is 6.18 Å². The molecule has 0 spiro atoms. The normalized spacial score (nSPS) is 11.7. The molecule has 0 saturated heterocycles. The van der Waals surface area contributed by atoms with Gasteiger partial charge in [-0.05, 0) is 36.4 Å². The minimum absolute atomic E-state index is 0.0419. The second-order valence-corrected chi connectivity index (χ2v) is 5.84. The largest absolute Gasteiger partial charge is 0.422 e. The molecule has 0 radical (unpaired) electrons. The Kier molecular flexibility index (Phi) is 4.03. The molecule has 2 N–H and O–H groups in total. The number of H-pyrrole nitrogens is 1. The Balaban J connectivity index is 1.57. The van der Waals surface area contributed by atoms with Crippen LogP contribution < -0.4 is 10.9 Å². The lowest BCUT2D eigenvalue weighted by Gasteiger charge is -2.08. The van der Waals surface area contributed by atoms with Crippen LogP contribution in [0.5, 0.6) is 0 Å². The molecule has 28 heavy (non-hydrogen) atoms. The van der Waals surface area contributed by atoms with Gasteiger partial charge < -0.3 is 9.73 Å². The molecule has 1 amide bonds. The standard InChI is InChI=1S/C18H11F3N4O3/c19-18(20,21)10-5-7-11(8-6-10)22-16(27)13-9-15(26)25(24-13)17-23-12-3-1-2-4-14(12)28-17/h1-9,24H,(H,22,27). The van der Waals surface area contributed by atoms with E-state index >= 15 is 0 Å². The molecule has 0 bridgehead atoms. The number of nitrogens with one attached hydrogen (secondary N) is 2. The minimum atomic E-state index is -4.47. The number of nitrogens with zero attached hydrogens (tertiary/aromatic N) is 2. The molecule has 142 valence electrons. The first-order chi connectivity index (χ1) is 13.3. The number of anilines is 1. The van der Waals surface area contributed by atoms with Crippen LogP contribution in [-0.2, 0) is 6.18 Å². The van der Waals surface area contributed by atoms with Crippen LogP contribution in [0.1, 0.15) is 16.1 Å². The fraction of sp³-hybridized carbons (Fsp3) is 0.0556. The average molecular weight is 388 g/mol. The molecule has 10 heteroatoms. The maximum absolute atomic E-state index is 12.6. The summed E-state index contributed by atoms with van der Waals surface area (Å²) in [5, 5.41) is 4.98. The highest BCUT2D eigenvalue weighted by Crippen LogP contribution is 2.29. The molecule has 2 aromatic carbocycles. The van der Waals surface area contributed by atoms with E-state index in [1.54, 1.807) is 24.3 Å². The number of oxazole rings is 1. The predicted molar refractivity (Wildman–Crippen MR) is 93.4 cm³/mol. The smallest absolute Gasteiger partial charge is 0.416 e. The molecule has 0 aliphatic carbocycles. The number of halogens is 3.